The molecule has 2 heterocycles. The molecular formula is C11H9ClN4O. The topological polar surface area (TPSA) is 67.8 Å². The monoisotopic (exact) mass is 248 g/mol. The minimum Gasteiger partial charge on any atom is -0.354 e. The van der Waals surface area contributed by atoms with Gasteiger partial charge in [-0.05, 0) is 24.3 Å². The second kappa shape index (κ2) is 4.88. The third-order valence-electron chi connectivity index (χ3n) is 2.15. The summed E-state index contributed by atoms with van der Waals surface area (Å²) in [6.07, 6.45) is 1.55. The van der Waals surface area contributed by atoms with Crippen LogP contribution in [0.1, 0.15) is 10.5 Å². The highest BCUT2D eigenvalue weighted by atomic mass is 35.5. The number of halogens is 1. The van der Waals surface area contributed by atoms with Gasteiger partial charge in [-0.15, -0.1) is 10.2 Å². The Hall–Kier alpha value is -2.01. The SMILES string of the molecule is CNC(=O)c1cc(-c2ccc(Cl)nn2)ccn1. The Bertz CT molecular complexity index is 541. The highest BCUT2D eigenvalue weighted by Gasteiger charge is 2.07. The molecule has 0 saturated heterocycles. The van der Waals surface area contributed by atoms with Gasteiger partial charge in [-0.2, -0.15) is 0 Å². The van der Waals surface area contributed by atoms with Crippen molar-refractivity contribution in [2.45, 2.75) is 0 Å². The first-order valence-corrected chi connectivity index (χ1v) is 5.26. The summed E-state index contributed by atoms with van der Waals surface area (Å²) in [7, 11) is 1.55. The number of amides is 1. The van der Waals surface area contributed by atoms with Gasteiger partial charge in [0.1, 0.15) is 5.69 Å². The first-order chi connectivity index (χ1) is 8.20. The molecule has 2 aromatic heterocycles. The standard InChI is InChI=1S/C11H9ClN4O/c1-13-11(17)9-6-7(4-5-14-9)8-2-3-10(12)16-15-8/h2-6H,1H3,(H,13,17). The van der Waals surface area contributed by atoms with Crippen molar-refractivity contribution in [2.24, 2.45) is 0 Å². The van der Waals surface area contributed by atoms with E-state index in [9.17, 15) is 4.79 Å². The van der Waals surface area contributed by atoms with Gasteiger partial charge in [-0.25, -0.2) is 0 Å². The fourth-order valence-electron chi connectivity index (χ4n) is 1.31. The van der Waals surface area contributed by atoms with E-state index in [0.717, 1.165) is 5.56 Å². The Labute approximate surface area is 103 Å². The maximum Gasteiger partial charge on any atom is 0.269 e. The van der Waals surface area contributed by atoms with E-state index in [1.54, 1.807) is 37.5 Å². The fourth-order valence-corrected chi connectivity index (χ4v) is 1.41. The Kier molecular flexibility index (Phi) is 3.30. The predicted molar refractivity (Wildman–Crippen MR) is 63.7 cm³/mol. The van der Waals surface area contributed by atoms with E-state index >= 15 is 0 Å². The number of nitrogens with one attached hydrogen (secondary N) is 1. The van der Waals surface area contributed by atoms with Crippen molar-refractivity contribution in [2.75, 3.05) is 7.05 Å². The second-order valence-electron chi connectivity index (χ2n) is 3.25. The largest absolute Gasteiger partial charge is 0.354 e. The molecule has 1 amide bonds. The molecule has 0 atom stereocenters. The van der Waals surface area contributed by atoms with Crippen LogP contribution in [0, 0.1) is 0 Å². The van der Waals surface area contributed by atoms with E-state index in [1.165, 1.54) is 0 Å². The smallest absolute Gasteiger partial charge is 0.269 e. The molecule has 2 rings (SSSR count). The molecule has 17 heavy (non-hydrogen) atoms. The zero-order valence-electron chi connectivity index (χ0n) is 9.01. The maximum atomic E-state index is 11.4. The molecule has 0 saturated carbocycles. The van der Waals surface area contributed by atoms with Crippen LogP contribution >= 0.6 is 11.6 Å². The van der Waals surface area contributed by atoms with Gasteiger partial charge in [-0.1, -0.05) is 11.6 Å². The molecule has 1 N–H and O–H groups in total. The molecule has 0 aliphatic rings. The van der Waals surface area contributed by atoms with Crippen LogP contribution in [0.4, 0.5) is 0 Å². The normalized spacial score (nSPS) is 10.0. The van der Waals surface area contributed by atoms with Crippen molar-refractivity contribution in [1.82, 2.24) is 20.5 Å². The molecule has 0 aromatic carbocycles. The third-order valence-corrected chi connectivity index (χ3v) is 2.35. The van der Waals surface area contributed by atoms with E-state index < -0.39 is 0 Å². The van der Waals surface area contributed by atoms with Gasteiger partial charge in [0.05, 0.1) is 5.69 Å². The van der Waals surface area contributed by atoms with Crippen molar-refractivity contribution in [1.29, 1.82) is 0 Å². The zero-order chi connectivity index (χ0) is 12.3. The van der Waals surface area contributed by atoms with Gasteiger partial charge in [0.15, 0.2) is 5.15 Å². The van der Waals surface area contributed by atoms with Crippen molar-refractivity contribution >= 4 is 17.5 Å². The van der Waals surface area contributed by atoms with Crippen molar-refractivity contribution in [3.8, 4) is 11.3 Å². The summed E-state index contributed by atoms with van der Waals surface area (Å²) in [4.78, 5) is 15.4. The minimum atomic E-state index is -0.242. The van der Waals surface area contributed by atoms with Crippen molar-refractivity contribution in [3.05, 3.63) is 41.3 Å². The lowest BCUT2D eigenvalue weighted by Crippen LogP contribution is -2.19. The Morgan fingerprint density at radius 1 is 1.29 bits per heavy atom. The molecule has 0 radical (unpaired) electrons. The highest BCUT2D eigenvalue weighted by Crippen LogP contribution is 2.17. The molecule has 0 unspecified atom stereocenters. The van der Waals surface area contributed by atoms with Crippen LogP contribution in [0.3, 0.4) is 0 Å². The molecule has 2 aromatic rings. The summed E-state index contributed by atoms with van der Waals surface area (Å²) >= 11 is 5.65. The fraction of sp³-hybridized carbons (Fsp3) is 0.0909. The van der Waals surface area contributed by atoms with Gasteiger partial charge >= 0.3 is 0 Å². The van der Waals surface area contributed by atoms with E-state index in [2.05, 4.69) is 20.5 Å². The molecule has 0 fully saturated rings. The number of carbonyl (C=O) groups is 1. The Morgan fingerprint density at radius 3 is 2.76 bits per heavy atom. The van der Waals surface area contributed by atoms with E-state index in [4.69, 9.17) is 11.6 Å². The van der Waals surface area contributed by atoms with Gasteiger partial charge in [0.2, 0.25) is 0 Å². The number of aromatic nitrogens is 3. The molecule has 0 aliphatic heterocycles. The van der Waals surface area contributed by atoms with Crippen LogP contribution in [0.15, 0.2) is 30.5 Å². The average Bonchev–Trinajstić information content (AvgIpc) is 2.39. The summed E-state index contributed by atoms with van der Waals surface area (Å²) in [5.74, 6) is -0.242. The van der Waals surface area contributed by atoms with Gasteiger partial charge in [0.25, 0.3) is 5.91 Å². The number of nitrogens with zero attached hydrogens (tertiary/aromatic N) is 3. The summed E-state index contributed by atoms with van der Waals surface area (Å²) < 4.78 is 0. The summed E-state index contributed by atoms with van der Waals surface area (Å²) in [6, 6.07) is 6.78. The number of hydrogen-bond acceptors (Lipinski definition) is 4. The summed E-state index contributed by atoms with van der Waals surface area (Å²) in [5, 5.41) is 10.5. The van der Waals surface area contributed by atoms with Crippen LogP contribution < -0.4 is 5.32 Å². The Morgan fingerprint density at radius 2 is 2.12 bits per heavy atom. The van der Waals surface area contributed by atoms with Crippen molar-refractivity contribution in [3.63, 3.8) is 0 Å². The van der Waals surface area contributed by atoms with Crippen LogP contribution in [0.5, 0.6) is 0 Å². The zero-order valence-corrected chi connectivity index (χ0v) is 9.77. The van der Waals surface area contributed by atoms with E-state index in [0.29, 0.717) is 16.5 Å². The summed E-state index contributed by atoms with van der Waals surface area (Å²) in [5.41, 5.74) is 1.74. The minimum absolute atomic E-state index is 0.242. The lowest BCUT2D eigenvalue weighted by atomic mass is 10.1. The molecule has 0 aliphatic carbocycles. The molecule has 86 valence electrons. The van der Waals surface area contributed by atoms with E-state index in [1.807, 2.05) is 0 Å². The van der Waals surface area contributed by atoms with Crippen molar-refractivity contribution < 1.29 is 4.79 Å². The lowest BCUT2D eigenvalue weighted by Gasteiger charge is -2.02. The van der Waals surface area contributed by atoms with E-state index in [-0.39, 0.29) is 5.91 Å². The van der Waals surface area contributed by atoms with Gasteiger partial charge < -0.3 is 5.32 Å². The summed E-state index contributed by atoms with van der Waals surface area (Å²) in [6.45, 7) is 0. The second-order valence-corrected chi connectivity index (χ2v) is 3.64. The number of pyridine rings is 1. The number of carbonyl (C=O) groups excluding carboxylic acids is 1. The van der Waals surface area contributed by atoms with Crippen LogP contribution in [0.2, 0.25) is 5.15 Å². The lowest BCUT2D eigenvalue weighted by molar-refractivity contribution is 0.0958. The quantitative estimate of drug-likeness (QED) is 0.876. The van der Waals surface area contributed by atoms with Gasteiger partial charge in [0, 0.05) is 18.8 Å². The third kappa shape index (κ3) is 2.57. The van der Waals surface area contributed by atoms with Gasteiger partial charge in [-0.3, -0.25) is 9.78 Å². The first-order valence-electron chi connectivity index (χ1n) is 4.88. The van der Waals surface area contributed by atoms with Crippen LogP contribution in [0.25, 0.3) is 11.3 Å². The average molecular weight is 249 g/mol. The number of rotatable bonds is 2. The van der Waals surface area contributed by atoms with Crippen LogP contribution in [-0.2, 0) is 0 Å². The molecule has 0 spiro atoms. The first kappa shape index (κ1) is 11.5. The molecule has 0 bridgehead atoms. The maximum absolute atomic E-state index is 11.4. The molecular weight excluding hydrogens is 240 g/mol. The Balaban J connectivity index is 2.39. The highest BCUT2D eigenvalue weighted by molar-refractivity contribution is 6.29. The number of hydrogen-bond donors (Lipinski definition) is 1. The molecule has 6 heteroatoms. The molecule has 5 nitrogen and oxygen atoms in total. The predicted octanol–water partition coefficient (Wildman–Crippen LogP) is 1.55. The van der Waals surface area contributed by atoms with Crippen LogP contribution in [-0.4, -0.2) is 28.1 Å².